The number of nitrogens with one attached hydrogen (secondary N) is 1. The van der Waals surface area contributed by atoms with Crippen LogP contribution in [0.5, 0.6) is 5.75 Å². The Labute approximate surface area is 178 Å². The second-order valence-electron chi connectivity index (χ2n) is 7.50. The summed E-state index contributed by atoms with van der Waals surface area (Å²) in [5, 5.41) is 0. The summed E-state index contributed by atoms with van der Waals surface area (Å²) in [5.41, 5.74) is 2.51. The first-order valence-electron chi connectivity index (χ1n) is 10.2. The van der Waals surface area contributed by atoms with Gasteiger partial charge in [0.1, 0.15) is 11.8 Å². The van der Waals surface area contributed by atoms with Crippen molar-refractivity contribution in [2.45, 2.75) is 10.9 Å². The van der Waals surface area contributed by atoms with E-state index in [-0.39, 0.29) is 10.9 Å². The van der Waals surface area contributed by atoms with Crippen molar-refractivity contribution in [2.24, 2.45) is 0 Å². The zero-order valence-corrected chi connectivity index (χ0v) is 17.9. The first-order chi connectivity index (χ1) is 14.6. The maximum absolute atomic E-state index is 13.1. The van der Waals surface area contributed by atoms with Crippen LogP contribution in [0.15, 0.2) is 89.8 Å². The number of ether oxygens (including phenoxy) is 1. The zero-order chi connectivity index (χ0) is 21.0. The molecule has 156 valence electrons. The van der Waals surface area contributed by atoms with Crippen LogP contribution in [0, 0.1) is 0 Å². The van der Waals surface area contributed by atoms with Crippen molar-refractivity contribution in [1.29, 1.82) is 0 Å². The molecular formula is C24H27N2O3S+. The van der Waals surface area contributed by atoms with E-state index in [9.17, 15) is 8.42 Å². The van der Waals surface area contributed by atoms with Gasteiger partial charge >= 0.3 is 0 Å². The van der Waals surface area contributed by atoms with Gasteiger partial charge in [0.25, 0.3) is 0 Å². The molecule has 6 heteroatoms. The molecule has 0 bridgehead atoms. The smallest absolute Gasteiger partial charge is 0.243 e. The van der Waals surface area contributed by atoms with Crippen LogP contribution in [0.1, 0.15) is 17.2 Å². The topological polar surface area (TPSA) is 51.1 Å². The first-order valence-corrected chi connectivity index (χ1v) is 11.6. The molecule has 0 radical (unpaired) electrons. The second kappa shape index (κ2) is 9.00. The normalized spacial score (nSPS) is 15.9. The largest absolute Gasteiger partial charge is 0.497 e. The van der Waals surface area contributed by atoms with Gasteiger partial charge < -0.3 is 9.64 Å². The minimum Gasteiger partial charge on any atom is -0.497 e. The monoisotopic (exact) mass is 423 g/mol. The highest BCUT2D eigenvalue weighted by Crippen LogP contribution is 2.22. The van der Waals surface area contributed by atoms with Gasteiger partial charge in [-0.15, -0.1) is 0 Å². The Bertz CT molecular complexity index is 1020. The summed E-state index contributed by atoms with van der Waals surface area (Å²) in [4.78, 5) is 1.66. The van der Waals surface area contributed by atoms with Gasteiger partial charge in [-0.25, -0.2) is 8.42 Å². The van der Waals surface area contributed by atoms with Gasteiger partial charge in [0, 0.05) is 17.2 Å². The van der Waals surface area contributed by atoms with E-state index >= 15 is 0 Å². The first kappa shape index (κ1) is 20.6. The Morgan fingerprint density at radius 1 is 0.833 bits per heavy atom. The van der Waals surface area contributed by atoms with Crippen molar-refractivity contribution >= 4 is 10.0 Å². The number of rotatable bonds is 6. The SMILES string of the molecule is COc1cccc(S(=O)(=O)N2CC[NH+](C(c3ccccc3)c3ccccc3)CC2)c1. The summed E-state index contributed by atoms with van der Waals surface area (Å²) in [7, 11) is -1.99. The van der Waals surface area contributed by atoms with Crippen LogP contribution in [0.25, 0.3) is 0 Å². The van der Waals surface area contributed by atoms with Crippen LogP contribution in [0.2, 0.25) is 0 Å². The quantitative estimate of drug-likeness (QED) is 0.662. The van der Waals surface area contributed by atoms with Crippen LogP contribution >= 0.6 is 0 Å². The Hall–Kier alpha value is -2.67. The van der Waals surface area contributed by atoms with E-state index in [1.807, 2.05) is 12.1 Å². The number of methoxy groups -OCH3 is 1. The van der Waals surface area contributed by atoms with Crippen LogP contribution in [0.4, 0.5) is 0 Å². The van der Waals surface area contributed by atoms with Crippen LogP contribution in [0.3, 0.4) is 0 Å². The number of hydrogen-bond donors (Lipinski definition) is 1. The number of sulfonamides is 1. The fourth-order valence-electron chi connectivity index (χ4n) is 4.17. The third-order valence-corrected chi connectivity index (χ3v) is 7.61. The summed E-state index contributed by atoms with van der Waals surface area (Å²) in [6.45, 7) is 2.48. The van der Waals surface area contributed by atoms with Gasteiger partial charge in [-0.1, -0.05) is 66.7 Å². The van der Waals surface area contributed by atoms with Crippen molar-refractivity contribution in [1.82, 2.24) is 4.31 Å². The molecule has 0 atom stereocenters. The van der Waals surface area contributed by atoms with Gasteiger partial charge in [-0.05, 0) is 12.1 Å². The lowest BCUT2D eigenvalue weighted by atomic mass is 9.96. The van der Waals surface area contributed by atoms with E-state index < -0.39 is 10.0 Å². The van der Waals surface area contributed by atoms with Gasteiger partial charge in [0.15, 0.2) is 0 Å². The molecule has 0 aromatic heterocycles. The van der Waals surface area contributed by atoms with Crippen molar-refractivity contribution < 1.29 is 18.1 Å². The third kappa shape index (κ3) is 4.26. The van der Waals surface area contributed by atoms with Crippen molar-refractivity contribution in [3.05, 3.63) is 96.1 Å². The molecule has 30 heavy (non-hydrogen) atoms. The minimum atomic E-state index is -3.53. The molecule has 0 amide bonds. The van der Waals surface area contributed by atoms with Gasteiger partial charge in [-0.3, -0.25) is 0 Å². The zero-order valence-electron chi connectivity index (χ0n) is 17.1. The predicted molar refractivity (Wildman–Crippen MR) is 117 cm³/mol. The molecule has 4 rings (SSSR count). The van der Waals surface area contributed by atoms with Crippen LogP contribution in [-0.4, -0.2) is 46.0 Å². The maximum atomic E-state index is 13.1. The van der Waals surface area contributed by atoms with Crippen LogP contribution in [-0.2, 0) is 10.0 Å². The van der Waals surface area contributed by atoms with Gasteiger partial charge in [-0.2, -0.15) is 4.31 Å². The molecule has 1 aliphatic heterocycles. The molecule has 1 saturated heterocycles. The number of piperazine rings is 1. The average Bonchev–Trinajstić information content (AvgIpc) is 2.81. The Morgan fingerprint density at radius 2 is 1.40 bits per heavy atom. The third-order valence-electron chi connectivity index (χ3n) is 5.72. The number of nitrogens with zero attached hydrogens (tertiary/aromatic N) is 1. The maximum Gasteiger partial charge on any atom is 0.243 e. The molecule has 0 unspecified atom stereocenters. The van der Waals surface area contributed by atoms with E-state index in [1.165, 1.54) is 16.0 Å². The Kier molecular flexibility index (Phi) is 6.18. The minimum absolute atomic E-state index is 0.189. The molecule has 5 nitrogen and oxygen atoms in total. The fraction of sp³-hybridized carbons (Fsp3) is 0.250. The van der Waals surface area contributed by atoms with E-state index in [4.69, 9.17) is 4.74 Å². The molecule has 3 aromatic carbocycles. The van der Waals surface area contributed by atoms with E-state index in [1.54, 1.807) is 35.7 Å². The second-order valence-corrected chi connectivity index (χ2v) is 9.43. The molecule has 1 fully saturated rings. The Balaban J connectivity index is 1.55. The van der Waals surface area contributed by atoms with E-state index in [2.05, 4.69) is 48.5 Å². The predicted octanol–water partition coefficient (Wildman–Crippen LogP) is 2.37. The molecule has 1 heterocycles. The molecular weight excluding hydrogens is 396 g/mol. The molecule has 0 aliphatic carbocycles. The molecule has 0 saturated carbocycles. The highest BCUT2D eigenvalue weighted by Gasteiger charge is 2.34. The Morgan fingerprint density at radius 3 is 1.93 bits per heavy atom. The summed E-state index contributed by atoms with van der Waals surface area (Å²) >= 11 is 0. The molecule has 0 spiro atoms. The average molecular weight is 424 g/mol. The lowest BCUT2D eigenvalue weighted by molar-refractivity contribution is -0.929. The number of benzene rings is 3. The molecule has 1 aliphatic rings. The van der Waals surface area contributed by atoms with Crippen molar-refractivity contribution in [3.8, 4) is 5.75 Å². The lowest BCUT2D eigenvalue weighted by Crippen LogP contribution is -3.15. The van der Waals surface area contributed by atoms with Crippen molar-refractivity contribution in [3.63, 3.8) is 0 Å². The van der Waals surface area contributed by atoms with E-state index in [0.717, 1.165) is 13.1 Å². The highest BCUT2D eigenvalue weighted by atomic mass is 32.2. The molecule has 3 aromatic rings. The summed E-state index contributed by atoms with van der Waals surface area (Å²) in [6.07, 6.45) is 0. The summed E-state index contributed by atoms with van der Waals surface area (Å²) < 4.78 is 33.1. The number of hydrogen-bond acceptors (Lipinski definition) is 3. The lowest BCUT2D eigenvalue weighted by Gasteiger charge is -2.36. The van der Waals surface area contributed by atoms with E-state index in [0.29, 0.717) is 18.8 Å². The van der Waals surface area contributed by atoms with Crippen molar-refractivity contribution in [2.75, 3.05) is 33.3 Å². The van der Waals surface area contributed by atoms with Gasteiger partial charge in [0.05, 0.1) is 38.2 Å². The highest BCUT2D eigenvalue weighted by molar-refractivity contribution is 7.89. The standard InChI is InChI=1S/C24H26N2O3S/c1-29-22-13-8-14-23(19-22)30(27,28)26-17-15-25(16-18-26)24(20-9-4-2-5-10-20)21-11-6-3-7-12-21/h2-14,19,24H,15-18H2,1H3/p+1. The van der Waals surface area contributed by atoms with Gasteiger partial charge in [0.2, 0.25) is 10.0 Å². The summed E-state index contributed by atoms with van der Waals surface area (Å²) in [6, 6.07) is 27.8. The fourth-order valence-corrected chi connectivity index (χ4v) is 5.65. The summed E-state index contributed by atoms with van der Waals surface area (Å²) in [5.74, 6) is 0.550. The molecule has 1 N–H and O–H groups in total. The number of quaternary nitrogens is 1. The van der Waals surface area contributed by atoms with Crippen LogP contribution < -0.4 is 9.64 Å².